The molecule has 0 spiro atoms. The third-order valence-corrected chi connectivity index (χ3v) is 3.77. The minimum Gasteiger partial charge on any atom is -0.507 e. The number of phenolic OH excluding ortho intramolecular Hbond substituents is 1. The summed E-state index contributed by atoms with van der Waals surface area (Å²) >= 11 is 0. The number of aliphatic hydroxyl groups is 3. The molecule has 0 aliphatic carbocycles. The molecule has 8 heteroatoms. The molecule has 0 aromatic heterocycles. The molecule has 0 fully saturated rings. The second kappa shape index (κ2) is 7.56. The summed E-state index contributed by atoms with van der Waals surface area (Å²) in [7, 11) is 0. The first kappa shape index (κ1) is 18.8. The summed E-state index contributed by atoms with van der Waals surface area (Å²) in [5, 5.41) is 39.9. The van der Waals surface area contributed by atoms with E-state index in [4.69, 9.17) is 0 Å². The molecular formula is C17H17F2NO5. The molecule has 2 rings (SSSR count). The van der Waals surface area contributed by atoms with E-state index >= 15 is 0 Å². The minimum atomic E-state index is -1.68. The highest BCUT2D eigenvalue weighted by Gasteiger charge is 2.31. The van der Waals surface area contributed by atoms with E-state index in [9.17, 15) is 34.0 Å². The third kappa shape index (κ3) is 3.93. The lowest BCUT2D eigenvalue weighted by Crippen LogP contribution is -2.57. The molecule has 0 heterocycles. The van der Waals surface area contributed by atoms with Gasteiger partial charge >= 0.3 is 0 Å². The number of halogens is 2. The number of benzene rings is 2. The summed E-state index contributed by atoms with van der Waals surface area (Å²) in [5.41, 5.74) is -1.71. The van der Waals surface area contributed by atoms with Crippen molar-refractivity contribution in [1.82, 2.24) is 5.32 Å². The van der Waals surface area contributed by atoms with Crippen LogP contribution < -0.4 is 5.32 Å². The summed E-state index contributed by atoms with van der Waals surface area (Å²) in [4.78, 5) is 12.3. The van der Waals surface area contributed by atoms with E-state index < -0.39 is 48.7 Å². The van der Waals surface area contributed by atoms with E-state index in [0.29, 0.717) is 6.07 Å². The van der Waals surface area contributed by atoms with Gasteiger partial charge in [0.25, 0.3) is 5.91 Å². The molecule has 6 nitrogen and oxygen atoms in total. The Kier molecular flexibility index (Phi) is 5.68. The zero-order valence-electron chi connectivity index (χ0n) is 13.0. The summed E-state index contributed by atoms with van der Waals surface area (Å²) in [6.45, 7) is -2.21. The van der Waals surface area contributed by atoms with Crippen LogP contribution in [0.25, 0.3) is 11.1 Å². The SMILES string of the molecule is O=C(NC(CO)(CO)CO)c1cc(-c2ccc(F)cc2F)ccc1O. The number of phenols is 1. The molecular weight excluding hydrogens is 336 g/mol. The highest BCUT2D eigenvalue weighted by Crippen LogP contribution is 2.28. The van der Waals surface area contributed by atoms with Crippen molar-refractivity contribution < 1.29 is 34.0 Å². The first-order valence-corrected chi connectivity index (χ1v) is 7.29. The summed E-state index contributed by atoms with van der Waals surface area (Å²) in [5.74, 6) is -2.91. The van der Waals surface area contributed by atoms with Crippen LogP contribution in [0.2, 0.25) is 0 Å². The van der Waals surface area contributed by atoms with Crippen molar-refractivity contribution in [2.75, 3.05) is 19.8 Å². The molecule has 1 amide bonds. The van der Waals surface area contributed by atoms with Gasteiger partial charge in [-0.15, -0.1) is 0 Å². The van der Waals surface area contributed by atoms with Crippen LogP contribution in [-0.4, -0.2) is 51.7 Å². The first-order valence-electron chi connectivity index (χ1n) is 7.29. The highest BCUT2D eigenvalue weighted by atomic mass is 19.1. The molecule has 0 bridgehead atoms. The molecule has 25 heavy (non-hydrogen) atoms. The number of aromatic hydroxyl groups is 1. The average molecular weight is 353 g/mol. The van der Waals surface area contributed by atoms with Gasteiger partial charge in [0.2, 0.25) is 0 Å². The molecule has 0 aliphatic rings. The molecule has 0 atom stereocenters. The van der Waals surface area contributed by atoms with Crippen molar-refractivity contribution in [1.29, 1.82) is 0 Å². The van der Waals surface area contributed by atoms with E-state index in [0.717, 1.165) is 12.1 Å². The van der Waals surface area contributed by atoms with E-state index in [2.05, 4.69) is 5.32 Å². The van der Waals surface area contributed by atoms with E-state index in [1.807, 2.05) is 0 Å². The number of carbonyl (C=O) groups excluding carboxylic acids is 1. The lowest BCUT2D eigenvalue weighted by atomic mass is 9.99. The Morgan fingerprint density at radius 3 is 2.20 bits per heavy atom. The number of rotatable bonds is 6. The smallest absolute Gasteiger partial charge is 0.255 e. The zero-order valence-corrected chi connectivity index (χ0v) is 13.0. The Morgan fingerprint density at radius 2 is 1.64 bits per heavy atom. The fraction of sp³-hybridized carbons (Fsp3) is 0.235. The normalized spacial score (nSPS) is 11.4. The quantitative estimate of drug-likeness (QED) is 0.527. The number of aliphatic hydroxyl groups excluding tert-OH is 3. The summed E-state index contributed by atoms with van der Waals surface area (Å²) in [6, 6.07) is 6.62. The fourth-order valence-electron chi connectivity index (χ4n) is 2.19. The predicted octanol–water partition coefficient (Wildman–Crippen LogP) is 0.783. The van der Waals surface area contributed by atoms with Gasteiger partial charge < -0.3 is 25.7 Å². The Bertz CT molecular complexity index is 769. The summed E-state index contributed by atoms with van der Waals surface area (Å²) in [6.07, 6.45) is 0. The number of hydrogen-bond acceptors (Lipinski definition) is 5. The fourth-order valence-corrected chi connectivity index (χ4v) is 2.19. The van der Waals surface area contributed by atoms with Gasteiger partial charge in [-0.05, 0) is 29.8 Å². The second-order valence-corrected chi connectivity index (χ2v) is 5.56. The van der Waals surface area contributed by atoms with Crippen LogP contribution >= 0.6 is 0 Å². The van der Waals surface area contributed by atoms with Gasteiger partial charge in [0.1, 0.15) is 22.9 Å². The molecule has 2 aromatic rings. The number of carbonyl (C=O) groups is 1. The minimum absolute atomic E-state index is 0.0215. The van der Waals surface area contributed by atoms with Crippen LogP contribution in [0, 0.1) is 11.6 Å². The van der Waals surface area contributed by atoms with Crippen LogP contribution in [0.3, 0.4) is 0 Å². The van der Waals surface area contributed by atoms with Gasteiger partial charge in [0.05, 0.1) is 25.4 Å². The predicted molar refractivity (Wildman–Crippen MR) is 84.9 cm³/mol. The molecule has 134 valence electrons. The number of nitrogens with one attached hydrogen (secondary N) is 1. The molecule has 5 N–H and O–H groups in total. The lowest BCUT2D eigenvalue weighted by molar-refractivity contribution is 0.0374. The van der Waals surface area contributed by atoms with Gasteiger partial charge in [-0.25, -0.2) is 8.78 Å². The van der Waals surface area contributed by atoms with E-state index in [1.54, 1.807) is 0 Å². The number of hydrogen-bond donors (Lipinski definition) is 5. The van der Waals surface area contributed by atoms with Gasteiger partial charge in [0.15, 0.2) is 0 Å². The average Bonchev–Trinajstić information content (AvgIpc) is 2.60. The Labute approximate surface area is 142 Å². The topological polar surface area (TPSA) is 110 Å². The van der Waals surface area contributed by atoms with Crippen molar-refractivity contribution in [2.24, 2.45) is 0 Å². The van der Waals surface area contributed by atoms with Gasteiger partial charge in [-0.1, -0.05) is 6.07 Å². The summed E-state index contributed by atoms with van der Waals surface area (Å²) < 4.78 is 26.9. The molecule has 0 unspecified atom stereocenters. The maximum Gasteiger partial charge on any atom is 0.255 e. The zero-order chi connectivity index (χ0) is 18.6. The van der Waals surface area contributed by atoms with E-state index in [1.165, 1.54) is 18.2 Å². The third-order valence-electron chi connectivity index (χ3n) is 3.77. The first-order chi connectivity index (χ1) is 11.9. The van der Waals surface area contributed by atoms with Crippen LogP contribution in [-0.2, 0) is 0 Å². The maximum atomic E-state index is 13.9. The van der Waals surface area contributed by atoms with Crippen LogP contribution in [0.1, 0.15) is 10.4 Å². The number of amides is 1. The van der Waals surface area contributed by atoms with Crippen molar-refractivity contribution in [3.8, 4) is 16.9 Å². The highest BCUT2D eigenvalue weighted by molar-refractivity contribution is 5.98. The molecule has 2 aromatic carbocycles. The van der Waals surface area contributed by atoms with Gasteiger partial charge in [0, 0.05) is 11.6 Å². The monoisotopic (exact) mass is 353 g/mol. The molecule has 0 aliphatic heterocycles. The Balaban J connectivity index is 2.40. The standard InChI is InChI=1S/C17H17F2NO5/c18-11-2-3-12(14(19)6-11)10-1-4-15(24)13(5-10)16(25)20-17(7-21,8-22)9-23/h1-6,21-24H,7-9H2,(H,20,25). The molecule has 0 saturated carbocycles. The van der Waals surface area contributed by atoms with Crippen LogP contribution in [0.5, 0.6) is 5.75 Å². The Hall–Kier alpha value is -2.55. The van der Waals surface area contributed by atoms with Gasteiger partial charge in [-0.3, -0.25) is 4.79 Å². The molecule has 0 radical (unpaired) electrons. The van der Waals surface area contributed by atoms with Crippen molar-refractivity contribution in [3.63, 3.8) is 0 Å². The van der Waals surface area contributed by atoms with Crippen molar-refractivity contribution in [2.45, 2.75) is 5.54 Å². The largest absolute Gasteiger partial charge is 0.507 e. The van der Waals surface area contributed by atoms with Crippen LogP contribution in [0.15, 0.2) is 36.4 Å². The second-order valence-electron chi connectivity index (χ2n) is 5.56. The van der Waals surface area contributed by atoms with Crippen molar-refractivity contribution >= 4 is 5.91 Å². The Morgan fingerprint density at radius 1 is 1.00 bits per heavy atom. The molecule has 0 saturated heterocycles. The van der Waals surface area contributed by atoms with Gasteiger partial charge in [-0.2, -0.15) is 0 Å². The van der Waals surface area contributed by atoms with E-state index in [-0.39, 0.29) is 16.7 Å². The lowest BCUT2D eigenvalue weighted by Gasteiger charge is -2.28. The maximum absolute atomic E-state index is 13.9. The van der Waals surface area contributed by atoms with Crippen molar-refractivity contribution in [3.05, 3.63) is 53.6 Å². The van der Waals surface area contributed by atoms with Crippen LogP contribution in [0.4, 0.5) is 8.78 Å².